The van der Waals surface area contributed by atoms with Crippen molar-refractivity contribution in [3.63, 3.8) is 0 Å². The molecule has 0 aliphatic carbocycles. The molecule has 1 aliphatic rings. The van der Waals surface area contributed by atoms with Crippen molar-refractivity contribution >= 4 is 5.97 Å². The van der Waals surface area contributed by atoms with Gasteiger partial charge in [0.25, 0.3) is 0 Å². The number of rotatable bonds is 5. The van der Waals surface area contributed by atoms with Crippen LogP contribution in [-0.4, -0.2) is 28.8 Å². The molecule has 100 valence electrons. The van der Waals surface area contributed by atoms with Crippen molar-refractivity contribution < 1.29 is 19.1 Å². The molecule has 0 amide bonds. The van der Waals surface area contributed by atoms with E-state index in [2.05, 4.69) is 11.9 Å². The third-order valence-electron chi connectivity index (χ3n) is 3.32. The Morgan fingerprint density at radius 3 is 2.89 bits per heavy atom. The molecule has 1 aliphatic heterocycles. The fourth-order valence-electron chi connectivity index (χ4n) is 2.44. The highest BCUT2D eigenvalue weighted by Gasteiger charge is 2.33. The molecule has 2 atom stereocenters. The Morgan fingerprint density at radius 2 is 2.28 bits per heavy atom. The minimum absolute atomic E-state index is 0.00592. The maximum Gasteiger partial charge on any atom is 0.373 e. The maximum absolute atomic E-state index is 11.1. The van der Waals surface area contributed by atoms with Gasteiger partial charge in [0.2, 0.25) is 11.7 Å². The fraction of sp³-hybridized carbons (Fsp3) is 0.692. The molecule has 5 nitrogen and oxygen atoms in total. The van der Waals surface area contributed by atoms with E-state index in [4.69, 9.17) is 14.3 Å². The molecule has 1 N–H and O–H groups in total. The quantitative estimate of drug-likeness (QED) is 0.873. The van der Waals surface area contributed by atoms with Crippen LogP contribution in [0.4, 0.5) is 0 Å². The summed E-state index contributed by atoms with van der Waals surface area (Å²) in [5, 5.41) is 9.11. The first-order valence-electron chi connectivity index (χ1n) is 6.51. The molecule has 1 saturated heterocycles. The van der Waals surface area contributed by atoms with Gasteiger partial charge in [0.05, 0.1) is 17.7 Å². The summed E-state index contributed by atoms with van der Waals surface area (Å²) in [7, 11) is 0. The average Bonchev–Trinajstić information content (AvgIpc) is 2.94. The molecule has 0 radical (unpaired) electrons. The van der Waals surface area contributed by atoms with E-state index in [1.807, 2.05) is 6.92 Å². The van der Waals surface area contributed by atoms with Gasteiger partial charge in [0, 0.05) is 6.61 Å². The zero-order valence-electron chi connectivity index (χ0n) is 10.8. The summed E-state index contributed by atoms with van der Waals surface area (Å²) in [6.07, 6.45) is 3.32. The van der Waals surface area contributed by atoms with E-state index in [0.29, 0.717) is 24.6 Å². The van der Waals surface area contributed by atoms with Gasteiger partial charge < -0.3 is 14.3 Å². The van der Waals surface area contributed by atoms with Crippen molar-refractivity contribution in [3.05, 3.63) is 17.3 Å². The summed E-state index contributed by atoms with van der Waals surface area (Å²) in [6, 6.07) is 0. The molecular weight excluding hydrogens is 234 g/mol. The van der Waals surface area contributed by atoms with Crippen LogP contribution in [0.5, 0.6) is 0 Å². The van der Waals surface area contributed by atoms with Gasteiger partial charge in [-0.05, 0) is 19.3 Å². The smallest absolute Gasteiger partial charge is 0.373 e. The monoisotopic (exact) mass is 253 g/mol. The predicted octanol–water partition coefficient (Wildman–Crippen LogP) is 2.61. The lowest BCUT2D eigenvalue weighted by Gasteiger charge is -2.12. The van der Waals surface area contributed by atoms with Gasteiger partial charge in [-0.1, -0.05) is 20.3 Å². The molecule has 1 aromatic heterocycles. The molecule has 18 heavy (non-hydrogen) atoms. The first-order valence-corrected chi connectivity index (χ1v) is 6.51. The molecule has 0 bridgehead atoms. The normalized spacial score (nSPS) is 23.4. The van der Waals surface area contributed by atoms with Crippen LogP contribution in [0.3, 0.4) is 0 Å². The highest BCUT2D eigenvalue weighted by atomic mass is 16.5. The average molecular weight is 253 g/mol. The van der Waals surface area contributed by atoms with Gasteiger partial charge >= 0.3 is 5.97 Å². The third-order valence-corrected chi connectivity index (χ3v) is 3.32. The molecule has 5 heteroatoms. The SMILES string of the molecule is CCCc1nc(C2CCOC2CC)oc1C(=O)O. The number of aromatic nitrogens is 1. The second-order valence-corrected chi connectivity index (χ2v) is 4.60. The predicted molar refractivity (Wildman–Crippen MR) is 64.8 cm³/mol. The van der Waals surface area contributed by atoms with Crippen LogP contribution < -0.4 is 0 Å². The topological polar surface area (TPSA) is 72.6 Å². The van der Waals surface area contributed by atoms with E-state index in [9.17, 15) is 4.79 Å². The van der Waals surface area contributed by atoms with Gasteiger partial charge in [0.15, 0.2) is 0 Å². The standard InChI is InChI=1S/C13H19NO4/c1-3-5-9-11(13(15)16)18-12(14-9)8-6-7-17-10(8)4-2/h8,10H,3-7H2,1-2H3,(H,15,16). The minimum Gasteiger partial charge on any atom is -0.475 e. The van der Waals surface area contributed by atoms with Gasteiger partial charge in [-0.15, -0.1) is 0 Å². The lowest BCUT2D eigenvalue weighted by atomic mass is 10.00. The van der Waals surface area contributed by atoms with E-state index in [0.717, 1.165) is 19.3 Å². The van der Waals surface area contributed by atoms with Crippen molar-refractivity contribution in [2.24, 2.45) is 0 Å². The number of carboxylic acid groups (broad SMARTS) is 1. The van der Waals surface area contributed by atoms with Crippen LogP contribution in [0.15, 0.2) is 4.42 Å². The molecule has 0 spiro atoms. The number of aryl methyl sites for hydroxylation is 1. The van der Waals surface area contributed by atoms with Crippen LogP contribution >= 0.6 is 0 Å². The molecule has 2 rings (SSSR count). The number of oxazole rings is 1. The van der Waals surface area contributed by atoms with Crippen LogP contribution in [-0.2, 0) is 11.2 Å². The molecular formula is C13H19NO4. The maximum atomic E-state index is 11.1. The molecule has 0 saturated carbocycles. The van der Waals surface area contributed by atoms with Crippen molar-refractivity contribution in [3.8, 4) is 0 Å². The first kappa shape index (κ1) is 13.1. The van der Waals surface area contributed by atoms with Crippen LogP contribution in [0.2, 0.25) is 0 Å². The summed E-state index contributed by atoms with van der Waals surface area (Å²) in [4.78, 5) is 15.5. The Bertz CT molecular complexity index is 427. The number of hydrogen-bond acceptors (Lipinski definition) is 4. The summed E-state index contributed by atoms with van der Waals surface area (Å²) in [5.74, 6) is -0.420. The fourth-order valence-corrected chi connectivity index (χ4v) is 2.44. The lowest BCUT2D eigenvalue weighted by molar-refractivity contribution is 0.0652. The largest absolute Gasteiger partial charge is 0.475 e. The Labute approximate surface area is 106 Å². The van der Waals surface area contributed by atoms with E-state index in [-0.39, 0.29) is 17.8 Å². The number of hydrogen-bond donors (Lipinski definition) is 1. The zero-order chi connectivity index (χ0) is 13.1. The van der Waals surface area contributed by atoms with Gasteiger partial charge in [-0.3, -0.25) is 0 Å². The van der Waals surface area contributed by atoms with Crippen molar-refractivity contribution in [1.29, 1.82) is 0 Å². The highest BCUT2D eigenvalue weighted by molar-refractivity contribution is 5.85. The van der Waals surface area contributed by atoms with Crippen molar-refractivity contribution in [1.82, 2.24) is 4.98 Å². The molecule has 1 aromatic rings. The Morgan fingerprint density at radius 1 is 1.50 bits per heavy atom. The lowest BCUT2D eigenvalue weighted by Crippen LogP contribution is -2.13. The van der Waals surface area contributed by atoms with Gasteiger partial charge in [0.1, 0.15) is 0 Å². The first-order chi connectivity index (χ1) is 8.67. The number of carboxylic acids is 1. The minimum atomic E-state index is -1.04. The van der Waals surface area contributed by atoms with Gasteiger partial charge in [-0.25, -0.2) is 9.78 Å². The van der Waals surface area contributed by atoms with Crippen LogP contribution in [0.25, 0.3) is 0 Å². The highest BCUT2D eigenvalue weighted by Crippen LogP contribution is 2.33. The van der Waals surface area contributed by atoms with Crippen molar-refractivity contribution in [2.75, 3.05) is 6.61 Å². The van der Waals surface area contributed by atoms with Crippen LogP contribution in [0.1, 0.15) is 61.2 Å². The molecule has 1 fully saturated rings. The number of ether oxygens (including phenoxy) is 1. The Balaban J connectivity index is 2.28. The second-order valence-electron chi connectivity index (χ2n) is 4.60. The second kappa shape index (κ2) is 5.52. The molecule has 2 heterocycles. The van der Waals surface area contributed by atoms with E-state index in [1.54, 1.807) is 0 Å². The zero-order valence-corrected chi connectivity index (χ0v) is 10.8. The Kier molecular flexibility index (Phi) is 4.01. The molecule has 0 aromatic carbocycles. The summed E-state index contributed by atoms with van der Waals surface area (Å²) >= 11 is 0. The third kappa shape index (κ3) is 2.41. The Hall–Kier alpha value is -1.36. The number of carbonyl (C=O) groups is 1. The number of nitrogens with zero attached hydrogens (tertiary/aromatic N) is 1. The summed E-state index contributed by atoms with van der Waals surface area (Å²) < 4.78 is 11.0. The van der Waals surface area contributed by atoms with Crippen LogP contribution in [0, 0.1) is 0 Å². The van der Waals surface area contributed by atoms with Crippen molar-refractivity contribution in [2.45, 2.75) is 51.6 Å². The molecule has 2 unspecified atom stereocenters. The van der Waals surface area contributed by atoms with E-state index < -0.39 is 5.97 Å². The van der Waals surface area contributed by atoms with Gasteiger partial charge in [-0.2, -0.15) is 0 Å². The number of aromatic carboxylic acids is 1. The summed E-state index contributed by atoms with van der Waals surface area (Å²) in [6.45, 7) is 4.74. The van der Waals surface area contributed by atoms with E-state index >= 15 is 0 Å². The summed E-state index contributed by atoms with van der Waals surface area (Å²) in [5.41, 5.74) is 0.557. The van der Waals surface area contributed by atoms with E-state index in [1.165, 1.54) is 0 Å².